The van der Waals surface area contributed by atoms with Gasteiger partial charge in [-0.15, -0.1) is 34.9 Å². The van der Waals surface area contributed by atoms with Crippen LogP contribution in [0.1, 0.15) is 43.0 Å². The Hall–Kier alpha value is 11.1. The number of aromatic hydroxyl groups is 2. The van der Waals surface area contributed by atoms with Crippen LogP contribution in [0.5, 0.6) is 23.0 Å². The first-order valence-electron chi connectivity index (χ1n) is 9.94. The molecule has 4 aromatic carbocycles. The normalized spacial score (nSPS) is 6.11. The first-order chi connectivity index (χ1) is 18.0. The molecule has 0 aromatic heterocycles. The maximum absolute atomic E-state index is 10.4. The van der Waals surface area contributed by atoms with Gasteiger partial charge in [0.05, 0.1) is 12.6 Å². The fraction of sp³-hybridized carbons (Fsp3) is 0.0968. The molecule has 0 saturated heterocycles. The Labute approximate surface area is 688 Å². The Bertz CT molecular complexity index is 1100. The number of hydrogen-bond acceptors (Lipinski definition) is 6. The van der Waals surface area contributed by atoms with Gasteiger partial charge in [-0.25, -0.2) is 11.5 Å². The van der Waals surface area contributed by atoms with Gasteiger partial charge in [-0.05, 0) is 0 Å². The molecule has 5 radical (unpaired) electrons. The molecule has 0 bridgehead atoms. The molecule has 10 N–H and O–H groups in total. The van der Waals surface area contributed by atoms with Gasteiger partial charge in [-0.2, -0.15) is 91.3 Å². The molecule has 0 aliphatic rings. The van der Waals surface area contributed by atoms with Crippen molar-refractivity contribution in [2.45, 2.75) is 22.3 Å². The Morgan fingerprint density at radius 3 is 0.946 bits per heavy atom. The maximum atomic E-state index is 10.4. The number of hydrogen-bond donors (Lipinski definition) is 2. The molecule has 0 heterocycles. The minimum absolute atomic E-state index is 0. The first-order valence-corrected chi connectivity index (χ1v) is 24.6. The summed E-state index contributed by atoms with van der Waals surface area (Å²) in [5.74, 6) is -0.00593. The van der Waals surface area contributed by atoms with Crippen LogP contribution in [-0.2, 0) is 154 Å². The molecule has 2 unspecified atom stereocenters. The Morgan fingerprint density at radius 2 is 0.768 bits per heavy atom. The second-order valence-electron chi connectivity index (χ2n) is 6.41. The summed E-state index contributed by atoms with van der Waals surface area (Å²) in [6.45, 7) is 0. The van der Waals surface area contributed by atoms with E-state index in [2.05, 4.69) is 103 Å². The average molecular weight is 1820 g/mol. The molecule has 0 aliphatic carbocycles. The molecule has 4 rings (SSSR count). The zero-order valence-electron chi connectivity index (χ0n) is 30.1. The number of halogens is 3. The van der Waals surface area contributed by atoms with Gasteiger partial charge < -0.3 is 66.8 Å². The van der Waals surface area contributed by atoms with Gasteiger partial charge in [0.25, 0.3) is 0 Å². The summed E-state index contributed by atoms with van der Waals surface area (Å²) in [6.07, 6.45) is 1.38. The van der Waals surface area contributed by atoms with E-state index in [1.54, 1.807) is 30.3 Å². The number of carbonyl (C=O) groups is 2. The molecule has 0 saturated carbocycles. The van der Waals surface area contributed by atoms with Crippen molar-refractivity contribution in [2.24, 2.45) is 0 Å². The van der Waals surface area contributed by atoms with Crippen LogP contribution in [0.3, 0.4) is 0 Å². The number of phenols is 2. The van der Waals surface area contributed by atoms with Crippen LogP contribution in [0.15, 0.2) is 72.8 Å². The van der Waals surface area contributed by atoms with Crippen LogP contribution in [0.25, 0.3) is 0 Å². The molecule has 0 amide bonds. The molecular formula is C31H46I3O10P2Rb4V2Y4-4. The molecule has 25 heteroatoms. The van der Waals surface area contributed by atoms with Gasteiger partial charge in [0.2, 0.25) is 0 Å². The van der Waals surface area contributed by atoms with Crippen molar-refractivity contribution in [2.75, 3.05) is 0 Å². The number of carbonyl (C=O) groups excluding carboxylic acids is 2. The van der Waals surface area contributed by atoms with E-state index in [1.807, 2.05) is 0 Å². The van der Waals surface area contributed by atoms with Crippen LogP contribution in [0.2, 0.25) is 0 Å². The zero-order chi connectivity index (χ0) is 28.9. The van der Waals surface area contributed by atoms with E-state index in [4.69, 9.17) is 10.2 Å². The van der Waals surface area contributed by atoms with Crippen molar-refractivity contribution < 1.29 is 439 Å². The van der Waals surface area contributed by atoms with Gasteiger partial charge in [-0.3, -0.25) is 0 Å². The molecule has 291 valence electrons. The maximum Gasteiger partial charge on any atom is 1.00 e. The SMILES string of the molecule is C.C.C.O.O.O.O.O=Cc1c[c-]c(O)cc1.O=Cc1c[c-]c([O-])cc1.Oc1[c-]cc(P)cc1.[CH3-].[CH3-].[I][V]([I])[I].[O-]c1[c-]cc(P)cc1.[Rb+].[Rb+].[Rb+].[Rb+].[V].[Y].[Y].[Y].[Y]. The summed E-state index contributed by atoms with van der Waals surface area (Å²) in [7, 11) is 4.99. The summed E-state index contributed by atoms with van der Waals surface area (Å²) >= 11 is 7.39. The molecule has 10 nitrogen and oxygen atoms in total. The fourth-order valence-electron chi connectivity index (χ4n) is 1.85. The third kappa shape index (κ3) is 88.1. The van der Waals surface area contributed by atoms with Crippen LogP contribution in [0.4, 0.5) is 0 Å². The zero-order valence-corrected chi connectivity index (χ0v) is 72.7. The van der Waals surface area contributed by atoms with E-state index in [9.17, 15) is 19.8 Å². The average Bonchev–Trinajstić information content (AvgIpc) is 2.89. The topological polar surface area (TPSA) is 247 Å². The van der Waals surface area contributed by atoms with Gasteiger partial charge >= 0.3 is 298 Å². The molecule has 4 aromatic rings. The molecule has 0 fully saturated rings. The largest absolute Gasteiger partial charge is 1.00 e. The van der Waals surface area contributed by atoms with Crippen LogP contribution < -0.4 is 254 Å². The van der Waals surface area contributed by atoms with E-state index >= 15 is 0 Å². The molecule has 0 aliphatic heterocycles. The van der Waals surface area contributed by atoms with Crippen molar-refractivity contribution in [3.8, 4) is 23.0 Å². The van der Waals surface area contributed by atoms with Crippen LogP contribution in [-0.4, -0.2) is 44.7 Å². The van der Waals surface area contributed by atoms with Crippen molar-refractivity contribution in [3.05, 3.63) is 123 Å². The van der Waals surface area contributed by atoms with Gasteiger partial charge in [0, 0.05) is 161 Å². The van der Waals surface area contributed by atoms with Gasteiger partial charge in [0.15, 0.2) is 0 Å². The molecule has 56 heavy (non-hydrogen) atoms. The molecular weight excluding hydrogens is 1770 g/mol. The Balaban J connectivity index is -0.0000000168. The van der Waals surface area contributed by atoms with Crippen molar-refractivity contribution >= 4 is 102 Å². The summed E-state index contributed by atoms with van der Waals surface area (Å²) in [5, 5.41) is 40.1. The van der Waals surface area contributed by atoms with E-state index in [0.29, 0.717) is 23.7 Å². The number of benzene rings is 4. The second-order valence-corrected chi connectivity index (χ2v) is 43.1. The van der Waals surface area contributed by atoms with Crippen LogP contribution in [0, 0.1) is 39.1 Å². The molecule has 0 spiro atoms. The fourth-order valence-corrected chi connectivity index (χ4v) is 2.21. The van der Waals surface area contributed by atoms with Crippen LogP contribution >= 0.6 is 78.4 Å². The minimum Gasteiger partial charge on any atom is -0.891 e. The number of phenolic OH excluding ortho intramolecular Hbond substituents is 2. The van der Waals surface area contributed by atoms with E-state index in [1.165, 1.54) is 42.5 Å². The number of aldehydes is 2. The molecule has 2 atom stereocenters. The first kappa shape index (κ1) is 127. The predicted octanol–water partition coefficient (Wildman–Crippen LogP) is -7.70. The smallest absolute Gasteiger partial charge is 0.891 e. The van der Waals surface area contributed by atoms with Gasteiger partial charge in [-0.1, -0.05) is 33.4 Å². The summed E-state index contributed by atoms with van der Waals surface area (Å²) < 4.78 is 0. The standard InChI is InChI=1S/2C7H5O2.2C6H6OP.3CH4.2CH3.3HI.4H2O.4Rb.2V.4Y/c2*8-5-6-1-3-7(9)4-2-6;2*7-5-1-3-6(8)4-2-5;;;;;;;;;;;;;;;;;;;;;;/h2*1-3,5,9H;2*1,3-4,7H,8H2;3*1H4;2*1H3;3*1H;4*1H2;;;;;;;;;;/q4*-1;;;;2*-1;;;;;;;;4*+1;;+3;;;;/p-5. The van der Waals surface area contributed by atoms with E-state index in [0.717, 1.165) is 10.6 Å². The van der Waals surface area contributed by atoms with Crippen molar-refractivity contribution in [1.29, 1.82) is 0 Å². The third-order valence-electron chi connectivity index (χ3n) is 3.53. The third-order valence-corrected chi connectivity index (χ3v) is 4.25. The minimum atomic E-state index is -0.278. The van der Waals surface area contributed by atoms with Crippen molar-refractivity contribution in [1.82, 2.24) is 0 Å². The quantitative estimate of drug-likeness (QED) is 0.0854. The summed E-state index contributed by atoms with van der Waals surface area (Å²) in [6, 6.07) is 28.5. The van der Waals surface area contributed by atoms with E-state index in [-0.39, 0.29) is 469 Å². The van der Waals surface area contributed by atoms with E-state index < -0.39 is 0 Å². The Morgan fingerprint density at radius 1 is 0.536 bits per heavy atom. The summed E-state index contributed by atoms with van der Waals surface area (Å²) in [4.78, 5) is 19.7. The van der Waals surface area contributed by atoms with Crippen molar-refractivity contribution in [3.63, 3.8) is 0 Å². The predicted molar refractivity (Wildman–Crippen MR) is 222 cm³/mol. The summed E-state index contributed by atoms with van der Waals surface area (Å²) in [5.41, 5.74) is 1.00. The monoisotopic (exact) mass is 1820 g/mol. The van der Waals surface area contributed by atoms with Gasteiger partial charge in [0.1, 0.15) is 0 Å². The Kier molecular flexibility index (Phi) is 201. The number of rotatable bonds is 2. The second kappa shape index (κ2) is 89.0.